The van der Waals surface area contributed by atoms with E-state index in [4.69, 9.17) is 0 Å². The van der Waals surface area contributed by atoms with Crippen LogP contribution in [0.25, 0.3) is 0 Å². The van der Waals surface area contributed by atoms with Gasteiger partial charge in [0.15, 0.2) is 0 Å². The van der Waals surface area contributed by atoms with Crippen molar-refractivity contribution in [1.82, 2.24) is 4.98 Å². The molecule has 0 saturated heterocycles. The van der Waals surface area contributed by atoms with Gasteiger partial charge in [0.2, 0.25) is 0 Å². The summed E-state index contributed by atoms with van der Waals surface area (Å²) in [6.07, 6.45) is 5.40. The molecule has 0 aliphatic carbocycles. The first kappa shape index (κ1) is 14.1. The molecule has 0 fully saturated rings. The summed E-state index contributed by atoms with van der Waals surface area (Å²) < 4.78 is 0.955. The Morgan fingerprint density at radius 2 is 2.24 bits per heavy atom. The first-order chi connectivity index (χ1) is 10.1. The topological polar surface area (TPSA) is 53.4 Å². The molecule has 0 saturated carbocycles. The van der Waals surface area contributed by atoms with Gasteiger partial charge >= 0.3 is 5.97 Å². The van der Waals surface area contributed by atoms with E-state index in [2.05, 4.69) is 25.8 Å². The minimum absolute atomic E-state index is 0.421. The normalized spacial score (nSPS) is 13.9. The van der Waals surface area contributed by atoms with Gasteiger partial charge in [-0.25, -0.2) is 4.79 Å². The minimum atomic E-state index is -0.849. The zero-order valence-corrected chi connectivity index (χ0v) is 13.0. The Morgan fingerprint density at radius 3 is 3.00 bits per heavy atom. The van der Waals surface area contributed by atoms with Crippen molar-refractivity contribution in [1.29, 1.82) is 0 Å². The van der Waals surface area contributed by atoms with Gasteiger partial charge in [-0.15, -0.1) is 0 Å². The molecule has 0 bridgehead atoms. The van der Waals surface area contributed by atoms with Crippen LogP contribution in [-0.2, 0) is 13.0 Å². The number of rotatable bonds is 3. The molecule has 0 spiro atoms. The van der Waals surface area contributed by atoms with Gasteiger partial charge in [0.25, 0.3) is 0 Å². The molecular formula is C16H15BrN2O2. The van der Waals surface area contributed by atoms with Crippen LogP contribution >= 0.6 is 15.9 Å². The van der Waals surface area contributed by atoms with Crippen LogP contribution in [0.4, 0.5) is 5.69 Å². The van der Waals surface area contributed by atoms with Crippen molar-refractivity contribution in [2.45, 2.75) is 19.4 Å². The summed E-state index contributed by atoms with van der Waals surface area (Å²) >= 11 is 3.43. The Kier molecular flexibility index (Phi) is 3.92. The number of hydrogen-bond donors (Lipinski definition) is 1. The molecule has 5 heteroatoms. The first-order valence-corrected chi connectivity index (χ1v) is 7.64. The number of aromatic nitrogens is 1. The zero-order valence-electron chi connectivity index (χ0n) is 11.4. The smallest absolute Gasteiger partial charge is 0.336 e. The first-order valence-electron chi connectivity index (χ1n) is 6.84. The lowest BCUT2D eigenvalue weighted by molar-refractivity contribution is 0.0695. The number of carboxylic acid groups (broad SMARTS) is 1. The predicted molar refractivity (Wildman–Crippen MR) is 84.7 cm³/mol. The van der Waals surface area contributed by atoms with Crippen LogP contribution in [0.2, 0.25) is 0 Å². The minimum Gasteiger partial charge on any atom is -0.478 e. The molecule has 0 radical (unpaired) electrons. The van der Waals surface area contributed by atoms with Crippen molar-refractivity contribution >= 4 is 27.6 Å². The molecule has 1 N–H and O–H groups in total. The van der Waals surface area contributed by atoms with E-state index >= 15 is 0 Å². The number of carboxylic acids is 1. The maximum atomic E-state index is 11.3. The number of benzene rings is 1. The fourth-order valence-electron chi connectivity index (χ4n) is 2.83. The molecule has 21 heavy (non-hydrogen) atoms. The molecule has 108 valence electrons. The van der Waals surface area contributed by atoms with E-state index in [1.54, 1.807) is 12.3 Å². The van der Waals surface area contributed by atoms with Gasteiger partial charge in [-0.05, 0) is 58.1 Å². The van der Waals surface area contributed by atoms with Gasteiger partial charge in [0.1, 0.15) is 0 Å². The van der Waals surface area contributed by atoms with Crippen molar-refractivity contribution in [3.63, 3.8) is 0 Å². The van der Waals surface area contributed by atoms with Crippen molar-refractivity contribution in [3.05, 3.63) is 57.8 Å². The Bertz CT molecular complexity index is 688. The Morgan fingerprint density at radius 1 is 1.38 bits per heavy atom. The third-order valence-electron chi connectivity index (χ3n) is 3.71. The standard InChI is InChI=1S/C16H15BrN2O2/c17-12-7-11(8-18-9-12)10-19-6-2-4-13-14(16(20)21)3-1-5-15(13)19/h1,3,5,7-9H,2,4,6,10H2,(H,20,21). The summed E-state index contributed by atoms with van der Waals surface area (Å²) in [5.41, 5.74) is 3.50. The van der Waals surface area contributed by atoms with E-state index in [9.17, 15) is 9.90 Å². The highest BCUT2D eigenvalue weighted by Crippen LogP contribution is 2.31. The Balaban J connectivity index is 1.94. The van der Waals surface area contributed by atoms with Crippen molar-refractivity contribution in [3.8, 4) is 0 Å². The lowest BCUT2D eigenvalue weighted by atomic mass is 9.96. The number of fused-ring (bicyclic) bond motifs is 1. The van der Waals surface area contributed by atoms with Crippen LogP contribution in [-0.4, -0.2) is 22.6 Å². The maximum Gasteiger partial charge on any atom is 0.336 e. The molecule has 2 heterocycles. The number of nitrogens with zero attached hydrogens (tertiary/aromatic N) is 2. The summed E-state index contributed by atoms with van der Waals surface area (Å²) in [6, 6.07) is 7.56. The van der Waals surface area contributed by atoms with Gasteiger partial charge in [0, 0.05) is 35.6 Å². The van der Waals surface area contributed by atoms with Crippen LogP contribution < -0.4 is 4.90 Å². The highest BCUT2D eigenvalue weighted by Gasteiger charge is 2.22. The van der Waals surface area contributed by atoms with E-state index in [0.29, 0.717) is 5.56 Å². The average molecular weight is 347 g/mol. The molecule has 1 aliphatic rings. The lowest BCUT2D eigenvalue weighted by Crippen LogP contribution is -2.29. The highest BCUT2D eigenvalue weighted by atomic mass is 79.9. The van der Waals surface area contributed by atoms with Crippen LogP contribution in [0.1, 0.15) is 27.9 Å². The van der Waals surface area contributed by atoms with Gasteiger partial charge in [-0.2, -0.15) is 0 Å². The molecule has 1 aromatic heterocycles. The van der Waals surface area contributed by atoms with E-state index in [1.165, 1.54) is 0 Å². The van der Waals surface area contributed by atoms with E-state index in [0.717, 1.165) is 47.2 Å². The molecule has 4 nitrogen and oxygen atoms in total. The predicted octanol–water partition coefficient (Wildman–Crippen LogP) is 3.50. The Hall–Kier alpha value is -1.88. The molecule has 0 amide bonds. The lowest BCUT2D eigenvalue weighted by Gasteiger charge is -2.32. The number of aromatic carboxylic acids is 1. The molecule has 1 aromatic carbocycles. The number of carbonyl (C=O) groups is 1. The third kappa shape index (κ3) is 2.93. The molecular weight excluding hydrogens is 332 g/mol. The maximum absolute atomic E-state index is 11.3. The van der Waals surface area contributed by atoms with Crippen LogP contribution in [0.15, 0.2) is 41.1 Å². The monoisotopic (exact) mass is 346 g/mol. The summed E-state index contributed by atoms with van der Waals surface area (Å²) in [7, 11) is 0. The number of halogens is 1. The number of anilines is 1. The second kappa shape index (κ2) is 5.85. The number of pyridine rings is 1. The third-order valence-corrected chi connectivity index (χ3v) is 4.15. The van der Waals surface area contributed by atoms with Gasteiger partial charge in [0.05, 0.1) is 5.56 Å². The fraction of sp³-hybridized carbons (Fsp3) is 0.250. The quantitative estimate of drug-likeness (QED) is 0.924. The largest absolute Gasteiger partial charge is 0.478 e. The van der Waals surface area contributed by atoms with Crippen molar-refractivity contribution in [2.75, 3.05) is 11.4 Å². The molecule has 0 unspecified atom stereocenters. The zero-order chi connectivity index (χ0) is 14.8. The number of hydrogen-bond acceptors (Lipinski definition) is 3. The van der Waals surface area contributed by atoms with E-state index in [1.807, 2.05) is 24.4 Å². The van der Waals surface area contributed by atoms with Gasteiger partial charge < -0.3 is 10.0 Å². The summed E-state index contributed by atoms with van der Waals surface area (Å²) in [5.74, 6) is -0.849. The fourth-order valence-corrected chi connectivity index (χ4v) is 3.24. The summed E-state index contributed by atoms with van der Waals surface area (Å²) in [6.45, 7) is 1.67. The van der Waals surface area contributed by atoms with Gasteiger partial charge in [-0.3, -0.25) is 4.98 Å². The molecule has 1 aliphatic heterocycles. The SMILES string of the molecule is O=C(O)c1cccc2c1CCCN2Cc1cncc(Br)c1. The molecule has 2 aromatic rings. The van der Waals surface area contributed by atoms with E-state index in [-0.39, 0.29) is 0 Å². The van der Waals surface area contributed by atoms with Gasteiger partial charge in [-0.1, -0.05) is 6.07 Å². The van der Waals surface area contributed by atoms with Crippen LogP contribution in [0.3, 0.4) is 0 Å². The molecule has 0 atom stereocenters. The second-order valence-corrected chi connectivity index (χ2v) is 6.06. The van der Waals surface area contributed by atoms with Crippen molar-refractivity contribution in [2.24, 2.45) is 0 Å². The van der Waals surface area contributed by atoms with Crippen LogP contribution in [0.5, 0.6) is 0 Å². The highest BCUT2D eigenvalue weighted by molar-refractivity contribution is 9.10. The average Bonchev–Trinajstić information content (AvgIpc) is 2.47. The summed E-state index contributed by atoms with van der Waals surface area (Å²) in [4.78, 5) is 17.8. The Labute approximate surface area is 131 Å². The van der Waals surface area contributed by atoms with Crippen molar-refractivity contribution < 1.29 is 9.90 Å². The summed E-state index contributed by atoms with van der Waals surface area (Å²) in [5, 5.41) is 9.32. The van der Waals surface area contributed by atoms with E-state index < -0.39 is 5.97 Å². The second-order valence-electron chi connectivity index (χ2n) is 5.14. The molecule has 3 rings (SSSR count). The van der Waals surface area contributed by atoms with Crippen LogP contribution in [0, 0.1) is 0 Å².